The lowest BCUT2D eigenvalue weighted by molar-refractivity contribution is -0.920. The Bertz CT molecular complexity index is 408. The third-order valence-corrected chi connectivity index (χ3v) is 4.77. The first-order chi connectivity index (χ1) is 9.36. The van der Waals surface area contributed by atoms with Crippen molar-refractivity contribution >= 4 is 6.08 Å². The fourth-order valence-electron chi connectivity index (χ4n) is 3.47. The van der Waals surface area contributed by atoms with Crippen molar-refractivity contribution in [2.24, 2.45) is 0 Å². The SMILES string of the molecule is C(=C\c1ccccc1)/CN1CC[N+]2(CCCC2)CC1. The molecule has 0 saturated carbocycles. The van der Waals surface area contributed by atoms with Crippen LogP contribution in [0, 0.1) is 0 Å². The van der Waals surface area contributed by atoms with Gasteiger partial charge in [-0.1, -0.05) is 42.5 Å². The second-order valence-corrected chi connectivity index (χ2v) is 6.06. The molecule has 2 heteroatoms. The number of nitrogens with zero attached hydrogens (tertiary/aromatic N) is 2. The summed E-state index contributed by atoms with van der Waals surface area (Å²) in [5.41, 5.74) is 1.31. The Balaban J connectivity index is 1.46. The van der Waals surface area contributed by atoms with Crippen LogP contribution >= 0.6 is 0 Å². The first-order valence-corrected chi connectivity index (χ1v) is 7.65. The molecule has 0 N–H and O–H groups in total. The molecule has 1 aromatic rings. The summed E-state index contributed by atoms with van der Waals surface area (Å²) in [6.07, 6.45) is 7.46. The van der Waals surface area contributed by atoms with Gasteiger partial charge < -0.3 is 4.48 Å². The Kier molecular flexibility index (Phi) is 4.00. The molecule has 2 aliphatic rings. The van der Waals surface area contributed by atoms with Gasteiger partial charge in [-0.3, -0.25) is 4.90 Å². The zero-order valence-corrected chi connectivity index (χ0v) is 11.8. The van der Waals surface area contributed by atoms with Crippen LogP contribution in [0.1, 0.15) is 18.4 Å². The smallest absolute Gasteiger partial charge is 0.0916 e. The van der Waals surface area contributed by atoms with Gasteiger partial charge in [0.15, 0.2) is 0 Å². The average Bonchev–Trinajstić information content (AvgIpc) is 2.91. The lowest BCUT2D eigenvalue weighted by Gasteiger charge is -2.41. The highest BCUT2D eigenvalue weighted by Gasteiger charge is 2.35. The maximum Gasteiger partial charge on any atom is 0.0916 e. The van der Waals surface area contributed by atoms with Gasteiger partial charge in [-0.25, -0.2) is 0 Å². The molecule has 0 unspecified atom stereocenters. The van der Waals surface area contributed by atoms with Gasteiger partial charge in [0.1, 0.15) is 0 Å². The molecule has 0 aliphatic carbocycles. The predicted molar refractivity (Wildman–Crippen MR) is 80.9 cm³/mol. The van der Waals surface area contributed by atoms with Crippen LogP contribution in [0.25, 0.3) is 6.08 Å². The van der Waals surface area contributed by atoms with Crippen molar-refractivity contribution in [2.45, 2.75) is 12.8 Å². The Hall–Kier alpha value is -1.12. The van der Waals surface area contributed by atoms with Gasteiger partial charge in [0.2, 0.25) is 0 Å². The maximum atomic E-state index is 2.60. The fourth-order valence-corrected chi connectivity index (χ4v) is 3.47. The molecule has 0 aromatic heterocycles. The molecule has 19 heavy (non-hydrogen) atoms. The molecule has 0 bridgehead atoms. The van der Waals surface area contributed by atoms with Crippen molar-refractivity contribution in [3.05, 3.63) is 42.0 Å². The number of hydrogen-bond acceptors (Lipinski definition) is 1. The zero-order chi connectivity index (χ0) is 13.0. The van der Waals surface area contributed by atoms with Crippen LogP contribution < -0.4 is 0 Å². The maximum absolute atomic E-state index is 2.60. The summed E-state index contributed by atoms with van der Waals surface area (Å²) in [6, 6.07) is 10.6. The van der Waals surface area contributed by atoms with E-state index < -0.39 is 0 Å². The number of piperazine rings is 1. The van der Waals surface area contributed by atoms with Crippen molar-refractivity contribution in [3.63, 3.8) is 0 Å². The lowest BCUT2D eigenvalue weighted by atomic mass is 10.2. The minimum Gasteiger partial charge on any atom is -0.321 e. The van der Waals surface area contributed by atoms with Crippen LogP contribution in [-0.4, -0.2) is 55.2 Å². The number of rotatable bonds is 3. The molecule has 102 valence electrons. The van der Waals surface area contributed by atoms with E-state index in [1.165, 1.54) is 62.2 Å². The van der Waals surface area contributed by atoms with E-state index in [1.807, 2.05) is 0 Å². The summed E-state index contributed by atoms with van der Waals surface area (Å²) in [4.78, 5) is 2.60. The number of quaternary nitrogens is 1. The van der Waals surface area contributed by atoms with Gasteiger partial charge in [0.25, 0.3) is 0 Å². The molecule has 3 rings (SSSR count). The summed E-state index contributed by atoms with van der Waals surface area (Å²) in [6.45, 7) is 9.28. The van der Waals surface area contributed by atoms with Crippen molar-refractivity contribution in [1.29, 1.82) is 0 Å². The van der Waals surface area contributed by atoms with Crippen LogP contribution in [0.4, 0.5) is 0 Å². The Morgan fingerprint density at radius 2 is 1.63 bits per heavy atom. The van der Waals surface area contributed by atoms with Crippen molar-refractivity contribution in [3.8, 4) is 0 Å². The number of hydrogen-bond donors (Lipinski definition) is 0. The standard InChI is InChI=1S/C17H25N2/c1-2-7-17(8-3-1)9-6-10-18-11-15-19(16-12-18)13-4-5-14-19/h1-3,6-9H,4-5,10-16H2/q+1/b9-6+. The van der Waals surface area contributed by atoms with Crippen molar-refractivity contribution < 1.29 is 4.48 Å². The van der Waals surface area contributed by atoms with Gasteiger partial charge in [-0.05, 0) is 5.56 Å². The van der Waals surface area contributed by atoms with E-state index in [2.05, 4.69) is 47.4 Å². The highest BCUT2D eigenvalue weighted by atomic mass is 15.4. The molecule has 2 fully saturated rings. The molecule has 2 saturated heterocycles. The van der Waals surface area contributed by atoms with Crippen LogP contribution in [0.2, 0.25) is 0 Å². The van der Waals surface area contributed by atoms with Gasteiger partial charge >= 0.3 is 0 Å². The predicted octanol–water partition coefficient (Wildman–Crippen LogP) is 2.63. The summed E-state index contributed by atoms with van der Waals surface area (Å²) in [5, 5.41) is 0. The third-order valence-electron chi connectivity index (χ3n) is 4.77. The van der Waals surface area contributed by atoms with Crippen LogP contribution in [-0.2, 0) is 0 Å². The minimum atomic E-state index is 1.11. The average molecular weight is 257 g/mol. The van der Waals surface area contributed by atoms with Crippen LogP contribution in [0.5, 0.6) is 0 Å². The van der Waals surface area contributed by atoms with E-state index in [4.69, 9.17) is 0 Å². The monoisotopic (exact) mass is 257 g/mol. The summed E-state index contributed by atoms with van der Waals surface area (Å²) in [7, 11) is 0. The molecule has 1 aromatic carbocycles. The molecule has 2 heterocycles. The molecular formula is C17H25N2+. The largest absolute Gasteiger partial charge is 0.321 e. The lowest BCUT2D eigenvalue weighted by Crippen LogP contribution is -2.57. The molecule has 0 radical (unpaired) electrons. The van der Waals surface area contributed by atoms with Crippen molar-refractivity contribution in [2.75, 3.05) is 45.8 Å². The van der Waals surface area contributed by atoms with E-state index in [9.17, 15) is 0 Å². The summed E-state index contributed by atoms with van der Waals surface area (Å²) < 4.78 is 1.42. The van der Waals surface area contributed by atoms with Gasteiger partial charge in [-0.2, -0.15) is 0 Å². The van der Waals surface area contributed by atoms with Gasteiger partial charge in [0, 0.05) is 32.5 Å². The highest BCUT2D eigenvalue weighted by molar-refractivity contribution is 5.48. The van der Waals surface area contributed by atoms with E-state index in [-0.39, 0.29) is 0 Å². The van der Waals surface area contributed by atoms with E-state index in [1.54, 1.807) is 0 Å². The summed E-state index contributed by atoms with van der Waals surface area (Å²) >= 11 is 0. The molecule has 0 atom stereocenters. The molecule has 2 nitrogen and oxygen atoms in total. The number of benzene rings is 1. The zero-order valence-electron chi connectivity index (χ0n) is 11.8. The molecular weight excluding hydrogens is 232 g/mol. The van der Waals surface area contributed by atoms with Crippen LogP contribution in [0.15, 0.2) is 36.4 Å². The normalized spacial score (nSPS) is 23.4. The second kappa shape index (κ2) is 5.89. The fraction of sp³-hybridized carbons (Fsp3) is 0.529. The summed E-state index contributed by atoms with van der Waals surface area (Å²) in [5.74, 6) is 0. The van der Waals surface area contributed by atoms with E-state index in [0.717, 1.165) is 6.54 Å². The molecule has 0 amide bonds. The second-order valence-electron chi connectivity index (χ2n) is 6.06. The molecule has 2 aliphatic heterocycles. The molecule has 1 spiro atoms. The minimum absolute atomic E-state index is 1.11. The Morgan fingerprint density at radius 3 is 2.32 bits per heavy atom. The first kappa shape index (κ1) is 12.9. The first-order valence-electron chi connectivity index (χ1n) is 7.65. The van der Waals surface area contributed by atoms with E-state index >= 15 is 0 Å². The Labute approximate surface area is 116 Å². The van der Waals surface area contributed by atoms with Gasteiger partial charge in [-0.15, -0.1) is 0 Å². The van der Waals surface area contributed by atoms with Crippen molar-refractivity contribution in [1.82, 2.24) is 4.90 Å². The Morgan fingerprint density at radius 1 is 0.947 bits per heavy atom. The van der Waals surface area contributed by atoms with Gasteiger partial charge in [0.05, 0.1) is 26.2 Å². The van der Waals surface area contributed by atoms with E-state index in [0.29, 0.717) is 0 Å². The topological polar surface area (TPSA) is 3.24 Å². The van der Waals surface area contributed by atoms with Crippen LogP contribution in [0.3, 0.4) is 0 Å². The third kappa shape index (κ3) is 3.26. The highest BCUT2D eigenvalue weighted by Crippen LogP contribution is 2.21. The quantitative estimate of drug-likeness (QED) is 0.752.